The molecule has 0 spiro atoms. The number of carbonyl (C=O) groups is 1. The van der Waals surface area contributed by atoms with Gasteiger partial charge in [-0.25, -0.2) is 14.5 Å². The number of halogens is 1. The van der Waals surface area contributed by atoms with Gasteiger partial charge in [0.2, 0.25) is 0 Å². The Hall–Kier alpha value is -2.41. The van der Waals surface area contributed by atoms with E-state index in [4.69, 9.17) is 9.47 Å². The third-order valence-corrected chi connectivity index (χ3v) is 5.50. The number of hydrogen-bond acceptors (Lipinski definition) is 5. The first-order valence-corrected chi connectivity index (χ1v) is 10.5. The maximum absolute atomic E-state index is 11.7. The van der Waals surface area contributed by atoms with Crippen LogP contribution in [0.15, 0.2) is 53.0 Å². The monoisotopic (exact) mass is 461 g/mol. The van der Waals surface area contributed by atoms with Gasteiger partial charge in [0.25, 0.3) is 0 Å². The van der Waals surface area contributed by atoms with E-state index < -0.39 is 5.97 Å². The molecule has 0 atom stereocenters. The Bertz CT molecular complexity index is 927. The minimum Gasteiger partial charge on any atom is -0.494 e. The molecule has 156 valence electrons. The number of hydrogen-bond donors (Lipinski definition) is 0. The summed E-state index contributed by atoms with van der Waals surface area (Å²) in [5, 5.41) is 5.20. The number of esters is 1. The zero-order valence-corrected chi connectivity index (χ0v) is 19.0. The molecule has 0 aliphatic heterocycles. The van der Waals surface area contributed by atoms with Crippen LogP contribution in [0.3, 0.4) is 0 Å². The average molecular weight is 462 g/mol. The van der Waals surface area contributed by atoms with Gasteiger partial charge >= 0.3 is 5.97 Å². The third-order valence-electron chi connectivity index (χ3n) is 4.81. The van der Waals surface area contributed by atoms with Gasteiger partial charge in [-0.1, -0.05) is 55.3 Å². The molecule has 0 bridgehead atoms. The van der Waals surface area contributed by atoms with Gasteiger partial charge in [-0.05, 0) is 25.0 Å². The maximum atomic E-state index is 11.7. The maximum Gasteiger partial charge on any atom is 0.339 e. The number of pyridine rings is 1. The van der Waals surface area contributed by atoms with E-state index in [1.165, 1.54) is 13.3 Å². The Balaban J connectivity index is 2.28. The van der Waals surface area contributed by atoms with Crippen LogP contribution in [0, 0.1) is 5.92 Å². The lowest BCUT2D eigenvalue weighted by atomic mass is 10.1. The third kappa shape index (κ3) is 6.03. The second-order valence-corrected chi connectivity index (χ2v) is 7.61. The molecule has 0 fully saturated rings. The van der Waals surface area contributed by atoms with Gasteiger partial charge in [-0.3, -0.25) is 0 Å². The van der Waals surface area contributed by atoms with Crippen LogP contribution in [0.5, 0.6) is 0 Å². The second-order valence-electron chi connectivity index (χ2n) is 6.69. The molecular formula is C22H28BrN3O3. The highest BCUT2D eigenvalue weighted by Crippen LogP contribution is 2.22. The number of ether oxygens (including phenoxy) is 2. The molecule has 0 amide bonds. The lowest BCUT2D eigenvalue weighted by Gasteiger charge is -2.17. The molecule has 2 heterocycles. The lowest BCUT2D eigenvalue weighted by Crippen LogP contribution is -2.11. The Morgan fingerprint density at radius 1 is 1.34 bits per heavy atom. The normalized spacial score (nSPS) is 12.5. The highest BCUT2D eigenvalue weighted by molar-refractivity contribution is 9.11. The minimum atomic E-state index is -0.423. The van der Waals surface area contributed by atoms with Gasteiger partial charge in [-0.2, -0.15) is 5.10 Å². The van der Waals surface area contributed by atoms with E-state index in [0.717, 1.165) is 28.3 Å². The van der Waals surface area contributed by atoms with Crippen molar-refractivity contribution in [1.29, 1.82) is 0 Å². The smallest absolute Gasteiger partial charge is 0.339 e. The molecule has 2 rings (SSSR count). The summed E-state index contributed by atoms with van der Waals surface area (Å²) in [5.41, 5.74) is 1.96. The summed E-state index contributed by atoms with van der Waals surface area (Å²) in [6, 6.07) is 1.72. The number of fused-ring (bicyclic) bond motifs is 1. The van der Waals surface area contributed by atoms with Crippen LogP contribution in [-0.4, -0.2) is 34.5 Å². The number of allylic oxidation sites excluding steroid dienone is 4. The zero-order valence-electron chi connectivity index (χ0n) is 17.4. The molecule has 0 aliphatic rings. The molecule has 0 radical (unpaired) electrons. The fourth-order valence-electron chi connectivity index (χ4n) is 2.78. The van der Waals surface area contributed by atoms with Crippen molar-refractivity contribution in [3.05, 3.63) is 58.6 Å². The molecule has 29 heavy (non-hydrogen) atoms. The van der Waals surface area contributed by atoms with Gasteiger partial charge < -0.3 is 9.47 Å². The summed E-state index contributed by atoms with van der Waals surface area (Å²) in [4.78, 5) is 16.1. The van der Waals surface area contributed by atoms with Crippen LogP contribution < -0.4 is 0 Å². The highest BCUT2D eigenvalue weighted by atomic mass is 79.9. The predicted octanol–water partition coefficient (Wildman–Crippen LogP) is 5.41. The highest BCUT2D eigenvalue weighted by Gasteiger charge is 2.14. The Morgan fingerprint density at radius 3 is 2.69 bits per heavy atom. The van der Waals surface area contributed by atoms with E-state index in [2.05, 4.69) is 46.4 Å². The number of carbonyl (C=O) groups excluding carboxylic acids is 1. The van der Waals surface area contributed by atoms with Gasteiger partial charge in [0.05, 0.1) is 32.0 Å². The molecule has 0 unspecified atom stereocenters. The van der Waals surface area contributed by atoms with Crippen molar-refractivity contribution in [1.82, 2.24) is 14.8 Å². The number of rotatable bonds is 10. The van der Waals surface area contributed by atoms with E-state index >= 15 is 0 Å². The standard InChI is InChI=1S/C22H28BrN3O3/c1-6-16(7-2)14-29-15(4)19(10-20(23)8-3)13-26-21-17(12-25-26)9-18(11-24-21)22(27)28-5/h8-12,16H,4,6-7,13-14H2,1-3,5H3/b19-10-,20-8+. The lowest BCUT2D eigenvalue weighted by molar-refractivity contribution is 0.0600. The predicted molar refractivity (Wildman–Crippen MR) is 119 cm³/mol. The van der Waals surface area contributed by atoms with Crippen molar-refractivity contribution in [3.8, 4) is 0 Å². The molecule has 2 aromatic rings. The van der Waals surface area contributed by atoms with Crippen LogP contribution in [0.4, 0.5) is 0 Å². The van der Waals surface area contributed by atoms with E-state index in [-0.39, 0.29) is 0 Å². The zero-order chi connectivity index (χ0) is 21.4. The number of methoxy groups -OCH3 is 1. The van der Waals surface area contributed by atoms with Crippen LogP contribution in [0.2, 0.25) is 0 Å². The van der Waals surface area contributed by atoms with E-state index in [9.17, 15) is 4.79 Å². The van der Waals surface area contributed by atoms with Crippen molar-refractivity contribution < 1.29 is 14.3 Å². The Labute approximate surface area is 180 Å². The first-order valence-electron chi connectivity index (χ1n) is 9.67. The molecule has 0 aliphatic carbocycles. The van der Waals surface area contributed by atoms with E-state index in [0.29, 0.717) is 36.0 Å². The molecule has 6 nitrogen and oxygen atoms in total. The molecule has 0 saturated heterocycles. The van der Waals surface area contributed by atoms with E-state index in [1.54, 1.807) is 16.9 Å². The molecule has 2 aromatic heterocycles. The summed E-state index contributed by atoms with van der Waals surface area (Å²) in [5.74, 6) is 0.695. The molecular weight excluding hydrogens is 434 g/mol. The van der Waals surface area contributed by atoms with Gasteiger partial charge in [0.1, 0.15) is 5.76 Å². The quantitative estimate of drug-likeness (QED) is 0.268. The van der Waals surface area contributed by atoms with Crippen LogP contribution >= 0.6 is 15.9 Å². The summed E-state index contributed by atoms with van der Waals surface area (Å²) >= 11 is 3.53. The first kappa shape index (κ1) is 22.9. The van der Waals surface area contributed by atoms with Crippen LogP contribution in [0.25, 0.3) is 11.0 Å². The Morgan fingerprint density at radius 2 is 2.07 bits per heavy atom. The topological polar surface area (TPSA) is 66.2 Å². The van der Waals surface area contributed by atoms with Gasteiger partial charge in [0, 0.05) is 21.6 Å². The summed E-state index contributed by atoms with van der Waals surface area (Å²) in [7, 11) is 1.35. The summed E-state index contributed by atoms with van der Waals surface area (Å²) in [6.45, 7) is 11.5. The SMILES string of the molecule is C=C(OCC(CC)CC)/C(=C\C(Br)=C/C)Cn1ncc2cc(C(=O)OC)cnc21. The van der Waals surface area contributed by atoms with Gasteiger partial charge in [-0.15, -0.1) is 0 Å². The van der Waals surface area contributed by atoms with Crippen molar-refractivity contribution in [2.24, 2.45) is 5.92 Å². The second kappa shape index (κ2) is 11.0. The van der Waals surface area contributed by atoms with Crippen LogP contribution in [0.1, 0.15) is 44.0 Å². The van der Waals surface area contributed by atoms with Crippen LogP contribution in [-0.2, 0) is 16.0 Å². The van der Waals surface area contributed by atoms with Crippen molar-refractivity contribution in [3.63, 3.8) is 0 Å². The number of nitrogens with zero attached hydrogens (tertiary/aromatic N) is 3. The molecule has 0 N–H and O–H groups in total. The van der Waals surface area contributed by atoms with Crippen molar-refractivity contribution >= 4 is 32.9 Å². The largest absolute Gasteiger partial charge is 0.494 e. The van der Waals surface area contributed by atoms with E-state index in [1.807, 2.05) is 19.1 Å². The fraction of sp³-hybridized carbons (Fsp3) is 0.409. The molecule has 0 saturated carbocycles. The van der Waals surface area contributed by atoms with Crippen molar-refractivity contribution in [2.45, 2.75) is 40.2 Å². The van der Waals surface area contributed by atoms with Gasteiger partial charge in [0.15, 0.2) is 5.65 Å². The fourth-order valence-corrected chi connectivity index (χ4v) is 3.05. The Kier molecular flexibility index (Phi) is 8.64. The van der Waals surface area contributed by atoms with Crippen molar-refractivity contribution in [2.75, 3.05) is 13.7 Å². The molecule has 7 heteroatoms. The first-order chi connectivity index (χ1) is 13.9. The molecule has 0 aromatic carbocycles. The minimum absolute atomic E-state index is 0.393. The number of aromatic nitrogens is 3. The average Bonchev–Trinajstić information content (AvgIpc) is 3.14. The summed E-state index contributed by atoms with van der Waals surface area (Å²) in [6.07, 6.45) is 9.25. The summed E-state index contributed by atoms with van der Waals surface area (Å²) < 4.78 is 13.4.